The highest BCUT2D eigenvalue weighted by Gasteiger charge is 2.17. The SMILES string of the molecule is CCCCCCCC(Cc1ccc(Cl)cc1)C(=O)O. The predicted molar refractivity (Wildman–Crippen MR) is 79.7 cm³/mol. The van der Waals surface area contributed by atoms with Crippen molar-refractivity contribution in [2.45, 2.75) is 51.9 Å². The third-order valence-corrected chi connectivity index (χ3v) is 3.65. The lowest BCUT2D eigenvalue weighted by Crippen LogP contribution is -2.16. The number of hydrogen-bond acceptors (Lipinski definition) is 1. The molecule has 1 rings (SSSR count). The molecule has 106 valence electrons. The summed E-state index contributed by atoms with van der Waals surface area (Å²) in [7, 11) is 0. The summed E-state index contributed by atoms with van der Waals surface area (Å²) in [6.45, 7) is 2.18. The van der Waals surface area contributed by atoms with Gasteiger partial charge in [-0.2, -0.15) is 0 Å². The van der Waals surface area contributed by atoms with Gasteiger partial charge in [-0.1, -0.05) is 62.8 Å². The Bertz CT molecular complexity index is 373. The highest BCUT2D eigenvalue weighted by molar-refractivity contribution is 6.30. The van der Waals surface area contributed by atoms with Crippen molar-refractivity contribution in [2.24, 2.45) is 5.92 Å². The second kappa shape index (κ2) is 8.98. The third-order valence-electron chi connectivity index (χ3n) is 3.40. The number of halogens is 1. The molecule has 0 amide bonds. The number of aliphatic carboxylic acids is 1. The molecule has 2 nitrogen and oxygen atoms in total. The van der Waals surface area contributed by atoms with Crippen LogP contribution in [-0.4, -0.2) is 11.1 Å². The van der Waals surface area contributed by atoms with Crippen molar-refractivity contribution < 1.29 is 9.90 Å². The first-order valence-corrected chi connectivity index (χ1v) is 7.48. The Balaban J connectivity index is 2.40. The maximum absolute atomic E-state index is 11.3. The van der Waals surface area contributed by atoms with Gasteiger partial charge >= 0.3 is 5.97 Å². The minimum Gasteiger partial charge on any atom is -0.481 e. The van der Waals surface area contributed by atoms with Gasteiger partial charge in [0.1, 0.15) is 0 Å². The van der Waals surface area contributed by atoms with E-state index < -0.39 is 5.97 Å². The highest BCUT2D eigenvalue weighted by atomic mass is 35.5. The standard InChI is InChI=1S/C16H23ClO2/c1-2-3-4-5-6-7-14(16(18)19)12-13-8-10-15(17)11-9-13/h8-11,14H,2-7,12H2,1H3,(H,18,19). The topological polar surface area (TPSA) is 37.3 Å². The van der Waals surface area contributed by atoms with E-state index in [9.17, 15) is 9.90 Å². The lowest BCUT2D eigenvalue weighted by Gasteiger charge is -2.12. The monoisotopic (exact) mass is 282 g/mol. The Morgan fingerprint density at radius 1 is 1.16 bits per heavy atom. The summed E-state index contributed by atoms with van der Waals surface area (Å²) < 4.78 is 0. The zero-order valence-corrected chi connectivity index (χ0v) is 12.3. The van der Waals surface area contributed by atoms with Crippen LogP contribution in [0.15, 0.2) is 24.3 Å². The summed E-state index contributed by atoms with van der Waals surface area (Å²) in [5.41, 5.74) is 1.05. The quantitative estimate of drug-likeness (QED) is 0.651. The van der Waals surface area contributed by atoms with Crippen molar-refractivity contribution in [3.05, 3.63) is 34.9 Å². The number of unbranched alkanes of at least 4 members (excludes halogenated alkanes) is 4. The van der Waals surface area contributed by atoms with Crippen LogP contribution in [0.5, 0.6) is 0 Å². The van der Waals surface area contributed by atoms with E-state index in [0.717, 1.165) is 24.8 Å². The number of carboxylic acid groups (broad SMARTS) is 1. The Morgan fingerprint density at radius 3 is 2.37 bits per heavy atom. The Morgan fingerprint density at radius 2 is 1.79 bits per heavy atom. The van der Waals surface area contributed by atoms with E-state index in [-0.39, 0.29) is 5.92 Å². The molecule has 3 heteroatoms. The number of benzene rings is 1. The number of hydrogen-bond donors (Lipinski definition) is 1. The molecule has 0 bridgehead atoms. The lowest BCUT2D eigenvalue weighted by molar-refractivity contribution is -0.142. The first kappa shape index (κ1) is 16.0. The van der Waals surface area contributed by atoms with Crippen LogP contribution >= 0.6 is 11.6 Å². The van der Waals surface area contributed by atoms with E-state index in [1.807, 2.05) is 24.3 Å². The Labute approximate surface area is 120 Å². The molecule has 0 spiro atoms. The summed E-state index contributed by atoms with van der Waals surface area (Å²) in [5.74, 6) is -0.965. The molecule has 0 saturated carbocycles. The van der Waals surface area contributed by atoms with Crippen molar-refractivity contribution in [3.63, 3.8) is 0 Å². The fourth-order valence-electron chi connectivity index (χ4n) is 2.21. The van der Waals surface area contributed by atoms with Gasteiger partial charge < -0.3 is 5.11 Å². The summed E-state index contributed by atoms with van der Waals surface area (Å²) in [4.78, 5) is 11.3. The van der Waals surface area contributed by atoms with Crippen LogP contribution in [0, 0.1) is 5.92 Å². The molecule has 0 fully saturated rings. The average Bonchev–Trinajstić information content (AvgIpc) is 2.39. The van der Waals surface area contributed by atoms with Gasteiger partial charge in [0.05, 0.1) is 5.92 Å². The van der Waals surface area contributed by atoms with Crippen LogP contribution in [0.4, 0.5) is 0 Å². The molecule has 0 aliphatic rings. The molecule has 0 aliphatic carbocycles. The van der Waals surface area contributed by atoms with Crippen LogP contribution in [0.1, 0.15) is 51.0 Å². The maximum Gasteiger partial charge on any atom is 0.306 e. The summed E-state index contributed by atoms with van der Waals surface area (Å²) in [6, 6.07) is 7.46. The van der Waals surface area contributed by atoms with Gasteiger partial charge in [-0.3, -0.25) is 4.79 Å². The second-order valence-corrected chi connectivity index (χ2v) is 5.51. The molecule has 19 heavy (non-hydrogen) atoms. The van der Waals surface area contributed by atoms with Crippen molar-refractivity contribution >= 4 is 17.6 Å². The van der Waals surface area contributed by atoms with E-state index >= 15 is 0 Å². The zero-order valence-electron chi connectivity index (χ0n) is 11.6. The first-order chi connectivity index (χ1) is 9.13. The molecule has 1 unspecified atom stereocenters. The maximum atomic E-state index is 11.3. The molecular weight excluding hydrogens is 260 g/mol. The largest absolute Gasteiger partial charge is 0.481 e. The third kappa shape index (κ3) is 6.63. The van der Waals surface area contributed by atoms with Gasteiger partial charge in [0.15, 0.2) is 0 Å². The second-order valence-electron chi connectivity index (χ2n) is 5.07. The van der Waals surface area contributed by atoms with Crippen LogP contribution in [-0.2, 0) is 11.2 Å². The smallest absolute Gasteiger partial charge is 0.306 e. The molecule has 1 aromatic carbocycles. The number of carbonyl (C=O) groups is 1. The lowest BCUT2D eigenvalue weighted by atomic mass is 9.93. The average molecular weight is 283 g/mol. The Kier molecular flexibility index (Phi) is 7.57. The fourth-order valence-corrected chi connectivity index (χ4v) is 2.34. The van der Waals surface area contributed by atoms with Gasteiger partial charge in [-0.25, -0.2) is 0 Å². The fraction of sp³-hybridized carbons (Fsp3) is 0.562. The van der Waals surface area contributed by atoms with Gasteiger partial charge in [0, 0.05) is 5.02 Å². The van der Waals surface area contributed by atoms with Crippen LogP contribution < -0.4 is 0 Å². The number of carboxylic acids is 1. The van der Waals surface area contributed by atoms with Crippen LogP contribution in [0.2, 0.25) is 5.02 Å². The van der Waals surface area contributed by atoms with Crippen molar-refractivity contribution in [1.29, 1.82) is 0 Å². The van der Waals surface area contributed by atoms with Crippen LogP contribution in [0.25, 0.3) is 0 Å². The van der Waals surface area contributed by atoms with Crippen molar-refractivity contribution in [3.8, 4) is 0 Å². The highest BCUT2D eigenvalue weighted by Crippen LogP contribution is 2.18. The summed E-state index contributed by atoms with van der Waals surface area (Å²) in [6.07, 6.45) is 7.18. The molecule has 0 aliphatic heterocycles. The zero-order chi connectivity index (χ0) is 14.1. The van der Waals surface area contributed by atoms with Crippen molar-refractivity contribution in [1.82, 2.24) is 0 Å². The Hall–Kier alpha value is -1.02. The molecule has 1 N–H and O–H groups in total. The molecule has 0 heterocycles. The number of rotatable bonds is 9. The molecule has 1 aromatic rings. The molecule has 1 atom stereocenters. The molecule has 0 saturated heterocycles. The van der Waals surface area contributed by atoms with E-state index in [2.05, 4.69) is 6.92 Å². The minimum absolute atomic E-state index is 0.275. The van der Waals surface area contributed by atoms with E-state index in [1.54, 1.807) is 0 Å². The first-order valence-electron chi connectivity index (χ1n) is 7.10. The predicted octanol–water partition coefficient (Wildman–Crippen LogP) is 4.94. The normalized spacial score (nSPS) is 12.3. The summed E-state index contributed by atoms with van der Waals surface area (Å²) in [5, 5.41) is 9.96. The van der Waals surface area contributed by atoms with Crippen molar-refractivity contribution in [2.75, 3.05) is 0 Å². The van der Waals surface area contributed by atoms with E-state index in [4.69, 9.17) is 11.6 Å². The van der Waals surface area contributed by atoms with Crippen LogP contribution in [0.3, 0.4) is 0 Å². The summed E-state index contributed by atoms with van der Waals surface area (Å²) >= 11 is 5.83. The van der Waals surface area contributed by atoms with Gasteiger partial charge in [-0.15, -0.1) is 0 Å². The van der Waals surface area contributed by atoms with Gasteiger partial charge in [0.25, 0.3) is 0 Å². The van der Waals surface area contributed by atoms with Gasteiger partial charge in [0.2, 0.25) is 0 Å². The molecule has 0 radical (unpaired) electrons. The molecule has 0 aromatic heterocycles. The van der Waals surface area contributed by atoms with E-state index in [0.29, 0.717) is 11.4 Å². The molecular formula is C16H23ClO2. The van der Waals surface area contributed by atoms with E-state index in [1.165, 1.54) is 19.3 Å². The minimum atomic E-state index is -0.689. The van der Waals surface area contributed by atoms with Gasteiger partial charge in [-0.05, 0) is 30.5 Å².